The normalized spacial score (nSPS) is 29.3. The molecule has 3 atom stereocenters. The summed E-state index contributed by atoms with van der Waals surface area (Å²) in [7, 11) is 0. The van der Waals surface area contributed by atoms with Crippen molar-refractivity contribution in [2.45, 2.75) is 52.1 Å². The molecule has 0 bridgehead atoms. The number of carbonyl (C=O) groups excluding carboxylic acids is 1. The van der Waals surface area contributed by atoms with Gasteiger partial charge in [-0.2, -0.15) is 0 Å². The van der Waals surface area contributed by atoms with Gasteiger partial charge in [0, 0.05) is 19.1 Å². The van der Waals surface area contributed by atoms with Crippen LogP contribution in [0.5, 0.6) is 0 Å². The molecule has 2 rings (SSSR count). The lowest BCUT2D eigenvalue weighted by Gasteiger charge is -2.40. The molecular weight excluding hydrogens is 238 g/mol. The molecule has 2 aliphatic heterocycles. The van der Waals surface area contributed by atoms with Crippen LogP contribution in [-0.4, -0.2) is 49.1 Å². The molecule has 0 aromatic heterocycles. The van der Waals surface area contributed by atoms with Crippen LogP contribution in [0.1, 0.15) is 40.0 Å². The van der Waals surface area contributed by atoms with E-state index < -0.39 is 0 Å². The van der Waals surface area contributed by atoms with E-state index in [9.17, 15) is 4.79 Å². The molecular formula is C15H29N3O. The zero-order valence-electron chi connectivity index (χ0n) is 12.6. The molecule has 4 heteroatoms. The van der Waals surface area contributed by atoms with Crippen molar-refractivity contribution in [1.82, 2.24) is 15.5 Å². The summed E-state index contributed by atoms with van der Waals surface area (Å²) >= 11 is 0. The smallest absolute Gasteiger partial charge is 0.237 e. The molecule has 0 radical (unpaired) electrons. The first-order valence-electron chi connectivity index (χ1n) is 7.83. The van der Waals surface area contributed by atoms with E-state index in [2.05, 4.69) is 36.3 Å². The molecule has 2 N–H and O–H groups in total. The van der Waals surface area contributed by atoms with Crippen molar-refractivity contribution in [3.8, 4) is 0 Å². The van der Waals surface area contributed by atoms with Gasteiger partial charge in [0.1, 0.15) is 0 Å². The summed E-state index contributed by atoms with van der Waals surface area (Å²) in [5.41, 5.74) is 0. The highest BCUT2D eigenvalue weighted by Gasteiger charge is 2.38. The summed E-state index contributed by atoms with van der Waals surface area (Å²) in [6, 6.07) is 0.583. The minimum Gasteiger partial charge on any atom is -0.355 e. The van der Waals surface area contributed by atoms with E-state index in [1.807, 2.05) is 0 Å². The van der Waals surface area contributed by atoms with Gasteiger partial charge in [-0.1, -0.05) is 13.8 Å². The summed E-state index contributed by atoms with van der Waals surface area (Å²) in [6.07, 6.45) is 3.61. The standard InChI is InChI=1S/C15H29N3O/c1-11(2)6-7-17-15(19)12(3)18-8-4-5-13-9-16-10-14(13)18/h11-14,16H,4-10H2,1-3H3,(H,17,19). The molecule has 0 saturated carbocycles. The van der Waals surface area contributed by atoms with Gasteiger partial charge in [-0.3, -0.25) is 9.69 Å². The van der Waals surface area contributed by atoms with Crippen molar-refractivity contribution in [3.63, 3.8) is 0 Å². The highest BCUT2D eigenvalue weighted by molar-refractivity contribution is 5.81. The predicted molar refractivity (Wildman–Crippen MR) is 78.0 cm³/mol. The topological polar surface area (TPSA) is 44.4 Å². The number of nitrogens with zero attached hydrogens (tertiary/aromatic N) is 1. The third-order valence-electron chi connectivity index (χ3n) is 4.62. The maximum Gasteiger partial charge on any atom is 0.237 e. The highest BCUT2D eigenvalue weighted by Crippen LogP contribution is 2.27. The van der Waals surface area contributed by atoms with Crippen molar-refractivity contribution in [2.75, 3.05) is 26.2 Å². The van der Waals surface area contributed by atoms with Gasteiger partial charge in [-0.05, 0) is 51.1 Å². The Labute approximate surface area is 117 Å². The monoisotopic (exact) mass is 267 g/mol. The van der Waals surface area contributed by atoms with E-state index >= 15 is 0 Å². The van der Waals surface area contributed by atoms with E-state index in [1.165, 1.54) is 12.8 Å². The Kier molecular flexibility index (Phi) is 5.22. The third-order valence-corrected chi connectivity index (χ3v) is 4.62. The Morgan fingerprint density at radius 3 is 2.89 bits per heavy atom. The van der Waals surface area contributed by atoms with Crippen LogP contribution in [0, 0.1) is 11.8 Å². The summed E-state index contributed by atoms with van der Waals surface area (Å²) in [4.78, 5) is 14.7. The van der Waals surface area contributed by atoms with Crippen LogP contribution in [0.2, 0.25) is 0 Å². The molecule has 4 nitrogen and oxygen atoms in total. The van der Waals surface area contributed by atoms with Crippen LogP contribution in [-0.2, 0) is 4.79 Å². The quantitative estimate of drug-likeness (QED) is 0.787. The lowest BCUT2D eigenvalue weighted by Crippen LogP contribution is -2.54. The van der Waals surface area contributed by atoms with Crippen molar-refractivity contribution in [1.29, 1.82) is 0 Å². The number of amides is 1. The summed E-state index contributed by atoms with van der Waals surface area (Å²) in [6.45, 7) is 10.5. The first-order valence-corrected chi connectivity index (χ1v) is 7.83. The third kappa shape index (κ3) is 3.69. The summed E-state index contributed by atoms with van der Waals surface area (Å²) in [5, 5.41) is 6.56. The van der Waals surface area contributed by atoms with Crippen molar-refractivity contribution in [3.05, 3.63) is 0 Å². The second-order valence-corrected chi connectivity index (χ2v) is 6.52. The summed E-state index contributed by atoms with van der Waals surface area (Å²) < 4.78 is 0. The Morgan fingerprint density at radius 2 is 2.16 bits per heavy atom. The first-order chi connectivity index (χ1) is 9.09. The highest BCUT2D eigenvalue weighted by atomic mass is 16.2. The molecule has 0 aromatic carbocycles. The Balaban J connectivity index is 1.83. The number of carbonyl (C=O) groups is 1. The van der Waals surface area contributed by atoms with Crippen molar-refractivity contribution >= 4 is 5.91 Å². The average molecular weight is 267 g/mol. The van der Waals surface area contributed by atoms with Gasteiger partial charge >= 0.3 is 0 Å². The van der Waals surface area contributed by atoms with E-state index in [4.69, 9.17) is 0 Å². The molecule has 19 heavy (non-hydrogen) atoms. The summed E-state index contributed by atoms with van der Waals surface area (Å²) in [5.74, 6) is 1.60. The van der Waals surface area contributed by atoms with Crippen LogP contribution in [0.3, 0.4) is 0 Å². The number of fused-ring (bicyclic) bond motifs is 1. The fraction of sp³-hybridized carbons (Fsp3) is 0.933. The first kappa shape index (κ1) is 14.8. The number of nitrogens with one attached hydrogen (secondary N) is 2. The van der Waals surface area contributed by atoms with E-state index in [-0.39, 0.29) is 11.9 Å². The van der Waals surface area contributed by atoms with Gasteiger partial charge in [0.05, 0.1) is 6.04 Å². The van der Waals surface area contributed by atoms with E-state index in [0.29, 0.717) is 12.0 Å². The Hall–Kier alpha value is -0.610. The lowest BCUT2D eigenvalue weighted by molar-refractivity contribution is -0.127. The second kappa shape index (κ2) is 6.71. The largest absolute Gasteiger partial charge is 0.355 e. The predicted octanol–water partition coefficient (Wildman–Crippen LogP) is 1.22. The molecule has 110 valence electrons. The second-order valence-electron chi connectivity index (χ2n) is 6.52. The molecule has 2 aliphatic rings. The van der Waals surface area contributed by atoms with Gasteiger partial charge in [0.25, 0.3) is 0 Å². The fourth-order valence-corrected chi connectivity index (χ4v) is 3.37. The number of piperidine rings is 1. The van der Waals surface area contributed by atoms with E-state index in [1.54, 1.807) is 0 Å². The van der Waals surface area contributed by atoms with Crippen LogP contribution in [0.15, 0.2) is 0 Å². The van der Waals surface area contributed by atoms with Crippen molar-refractivity contribution < 1.29 is 4.79 Å². The molecule has 2 fully saturated rings. The number of hydrogen-bond acceptors (Lipinski definition) is 3. The Morgan fingerprint density at radius 1 is 1.37 bits per heavy atom. The average Bonchev–Trinajstić information content (AvgIpc) is 2.85. The minimum atomic E-state index is 0.0138. The van der Waals surface area contributed by atoms with Gasteiger partial charge in [0.15, 0.2) is 0 Å². The molecule has 0 spiro atoms. The number of likely N-dealkylation sites (tertiary alicyclic amines) is 1. The van der Waals surface area contributed by atoms with Crippen LogP contribution in [0.25, 0.3) is 0 Å². The Bertz CT molecular complexity index is 306. The van der Waals surface area contributed by atoms with Crippen LogP contribution in [0.4, 0.5) is 0 Å². The molecule has 3 unspecified atom stereocenters. The number of hydrogen-bond donors (Lipinski definition) is 2. The van der Waals surface area contributed by atoms with Crippen molar-refractivity contribution in [2.24, 2.45) is 11.8 Å². The van der Waals surface area contributed by atoms with Crippen LogP contribution < -0.4 is 10.6 Å². The molecule has 2 heterocycles. The fourth-order valence-electron chi connectivity index (χ4n) is 3.37. The zero-order valence-corrected chi connectivity index (χ0v) is 12.6. The lowest BCUT2D eigenvalue weighted by atomic mass is 9.91. The minimum absolute atomic E-state index is 0.0138. The van der Waals surface area contributed by atoms with Gasteiger partial charge in [-0.25, -0.2) is 0 Å². The number of rotatable bonds is 5. The molecule has 2 saturated heterocycles. The van der Waals surface area contributed by atoms with Gasteiger partial charge in [-0.15, -0.1) is 0 Å². The molecule has 0 aliphatic carbocycles. The maximum atomic E-state index is 12.2. The van der Waals surface area contributed by atoms with Crippen LogP contribution >= 0.6 is 0 Å². The van der Waals surface area contributed by atoms with Gasteiger partial charge in [0.2, 0.25) is 5.91 Å². The maximum absolute atomic E-state index is 12.2. The van der Waals surface area contributed by atoms with E-state index in [0.717, 1.165) is 38.5 Å². The molecule has 0 aromatic rings. The zero-order chi connectivity index (χ0) is 13.8. The van der Waals surface area contributed by atoms with Gasteiger partial charge < -0.3 is 10.6 Å². The molecule has 1 amide bonds. The SMILES string of the molecule is CC(C)CCNC(=O)C(C)N1CCCC2CNCC21.